The second-order valence-electron chi connectivity index (χ2n) is 7.92. The van der Waals surface area contributed by atoms with Crippen molar-refractivity contribution in [2.24, 2.45) is 5.92 Å². The molecule has 33 heavy (non-hydrogen) atoms. The first-order valence-electron chi connectivity index (χ1n) is 10.9. The second-order valence-corrected chi connectivity index (χ2v) is 9.78. The van der Waals surface area contributed by atoms with Gasteiger partial charge in [0.25, 0.3) is 10.0 Å². The zero-order valence-corrected chi connectivity index (χ0v) is 20.1. The number of carbonyl (C=O) groups excluding carboxylic acids is 2. The minimum Gasteiger partial charge on any atom is -0.497 e. The minimum absolute atomic E-state index is 0.0158. The van der Waals surface area contributed by atoms with Crippen LogP contribution >= 0.6 is 0 Å². The first kappa shape index (κ1) is 24.8. The molecule has 2 heterocycles. The Balaban J connectivity index is 1.61. The van der Waals surface area contributed by atoms with E-state index in [9.17, 15) is 18.0 Å². The van der Waals surface area contributed by atoms with E-state index in [0.717, 1.165) is 11.3 Å². The van der Waals surface area contributed by atoms with E-state index in [1.807, 2.05) is 31.2 Å². The molecule has 2 aromatic rings. The highest BCUT2D eigenvalue weighted by atomic mass is 32.2. The van der Waals surface area contributed by atoms with Gasteiger partial charge in [-0.25, -0.2) is 13.2 Å². The SMILES string of the molecule is CCOC(=O)c1ccc(S(=O)(=O)N2CCC(C(=O)N(C)C(C)c3ccc(OC)cc3)CC2)o1. The maximum absolute atomic E-state index is 13.1. The maximum atomic E-state index is 13.1. The predicted octanol–water partition coefficient (Wildman–Crippen LogP) is 3.09. The molecule has 1 atom stereocenters. The van der Waals surface area contributed by atoms with Gasteiger partial charge in [0, 0.05) is 26.1 Å². The van der Waals surface area contributed by atoms with E-state index in [1.54, 1.807) is 26.0 Å². The highest BCUT2D eigenvalue weighted by molar-refractivity contribution is 7.89. The number of piperidine rings is 1. The van der Waals surface area contributed by atoms with Crippen LogP contribution in [0.3, 0.4) is 0 Å². The number of hydrogen-bond donors (Lipinski definition) is 0. The van der Waals surface area contributed by atoms with Crippen LogP contribution in [0, 0.1) is 5.92 Å². The summed E-state index contributed by atoms with van der Waals surface area (Å²) in [6.07, 6.45) is 0.812. The quantitative estimate of drug-likeness (QED) is 0.537. The number of amides is 1. The number of furan rings is 1. The van der Waals surface area contributed by atoms with Gasteiger partial charge in [-0.15, -0.1) is 0 Å². The van der Waals surface area contributed by atoms with Crippen molar-refractivity contribution in [1.29, 1.82) is 0 Å². The molecule has 1 amide bonds. The summed E-state index contributed by atoms with van der Waals surface area (Å²) in [5.74, 6) is -0.404. The van der Waals surface area contributed by atoms with E-state index in [0.29, 0.717) is 12.8 Å². The van der Waals surface area contributed by atoms with Crippen molar-refractivity contribution in [2.75, 3.05) is 33.9 Å². The van der Waals surface area contributed by atoms with Crippen molar-refractivity contribution in [1.82, 2.24) is 9.21 Å². The molecule has 180 valence electrons. The Morgan fingerprint density at radius 3 is 2.36 bits per heavy atom. The zero-order valence-electron chi connectivity index (χ0n) is 19.3. The van der Waals surface area contributed by atoms with Crippen LogP contribution < -0.4 is 4.74 Å². The van der Waals surface area contributed by atoms with Crippen LogP contribution in [-0.4, -0.2) is 63.4 Å². The molecule has 1 aliphatic rings. The standard InChI is InChI=1S/C23H30N2O7S/c1-5-31-23(27)20-10-11-21(32-20)33(28,29)25-14-12-18(13-15-25)22(26)24(3)16(2)17-6-8-19(30-4)9-7-17/h6-11,16,18H,5,12-15H2,1-4H3. The van der Waals surface area contributed by atoms with Gasteiger partial charge in [-0.05, 0) is 56.5 Å². The lowest BCUT2D eigenvalue weighted by molar-refractivity contribution is -0.137. The van der Waals surface area contributed by atoms with Gasteiger partial charge < -0.3 is 18.8 Å². The number of benzene rings is 1. The lowest BCUT2D eigenvalue weighted by Gasteiger charge is -2.34. The Bertz CT molecular complexity index is 1070. The third kappa shape index (κ3) is 5.39. The van der Waals surface area contributed by atoms with Gasteiger partial charge >= 0.3 is 5.97 Å². The zero-order chi connectivity index (χ0) is 24.2. The maximum Gasteiger partial charge on any atom is 0.374 e. The fourth-order valence-electron chi connectivity index (χ4n) is 3.83. The predicted molar refractivity (Wildman–Crippen MR) is 120 cm³/mol. The van der Waals surface area contributed by atoms with Gasteiger partial charge in [-0.3, -0.25) is 4.79 Å². The Labute approximate surface area is 194 Å². The molecular formula is C23H30N2O7S. The summed E-state index contributed by atoms with van der Waals surface area (Å²) < 4.78 is 42.4. The van der Waals surface area contributed by atoms with Crippen LogP contribution in [-0.2, 0) is 19.6 Å². The average molecular weight is 479 g/mol. The molecule has 0 radical (unpaired) electrons. The molecule has 0 bridgehead atoms. The van der Waals surface area contributed by atoms with Crippen molar-refractivity contribution < 1.29 is 31.9 Å². The van der Waals surface area contributed by atoms with Gasteiger partial charge in [0.1, 0.15) is 5.75 Å². The molecule has 0 N–H and O–H groups in total. The van der Waals surface area contributed by atoms with Crippen molar-refractivity contribution >= 4 is 21.9 Å². The topological polar surface area (TPSA) is 106 Å². The van der Waals surface area contributed by atoms with Crippen molar-refractivity contribution in [3.05, 3.63) is 47.7 Å². The summed E-state index contributed by atoms with van der Waals surface area (Å²) in [5.41, 5.74) is 0.988. The highest BCUT2D eigenvalue weighted by Crippen LogP contribution is 2.29. The van der Waals surface area contributed by atoms with Crippen molar-refractivity contribution in [2.45, 2.75) is 37.8 Å². The van der Waals surface area contributed by atoms with E-state index in [4.69, 9.17) is 13.9 Å². The van der Waals surface area contributed by atoms with Gasteiger partial charge in [-0.2, -0.15) is 4.31 Å². The molecule has 3 rings (SSSR count). The number of sulfonamides is 1. The lowest BCUT2D eigenvalue weighted by Crippen LogP contribution is -2.43. The molecule has 1 saturated heterocycles. The molecule has 1 aliphatic heterocycles. The van der Waals surface area contributed by atoms with Crippen molar-refractivity contribution in [3.8, 4) is 5.75 Å². The first-order valence-corrected chi connectivity index (χ1v) is 12.3. The molecule has 0 spiro atoms. The molecule has 1 fully saturated rings. The smallest absolute Gasteiger partial charge is 0.374 e. The number of methoxy groups -OCH3 is 1. The van der Waals surface area contributed by atoms with E-state index < -0.39 is 16.0 Å². The average Bonchev–Trinajstić information content (AvgIpc) is 3.34. The summed E-state index contributed by atoms with van der Waals surface area (Å²) in [6, 6.07) is 9.98. The summed E-state index contributed by atoms with van der Waals surface area (Å²) in [5, 5.41) is -0.305. The molecule has 9 nitrogen and oxygen atoms in total. The first-order chi connectivity index (χ1) is 15.7. The number of esters is 1. The fraction of sp³-hybridized carbons (Fsp3) is 0.478. The number of ether oxygens (including phenoxy) is 2. The van der Waals surface area contributed by atoms with Gasteiger partial charge in [0.2, 0.25) is 16.8 Å². The third-order valence-corrected chi connectivity index (χ3v) is 7.75. The van der Waals surface area contributed by atoms with E-state index in [1.165, 1.54) is 16.4 Å². The molecule has 0 saturated carbocycles. The highest BCUT2D eigenvalue weighted by Gasteiger charge is 2.36. The van der Waals surface area contributed by atoms with E-state index in [-0.39, 0.29) is 48.4 Å². The van der Waals surface area contributed by atoms with Crippen LogP contribution in [0.5, 0.6) is 5.75 Å². The Hall–Kier alpha value is -2.85. The van der Waals surface area contributed by atoms with Gasteiger partial charge in [-0.1, -0.05) is 12.1 Å². The van der Waals surface area contributed by atoms with Gasteiger partial charge in [0.15, 0.2) is 0 Å². The Morgan fingerprint density at radius 2 is 1.79 bits per heavy atom. The molecule has 10 heteroatoms. The summed E-state index contributed by atoms with van der Waals surface area (Å²) in [6.45, 7) is 4.16. The van der Waals surface area contributed by atoms with E-state index in [2.05, 4.69) is 0 Å². The van der Waals surface area contributed by atoms with E-state index >= 15 is 0 Å². The molecule has 1 aromatic heterocycles. The monoisotopic (exact) mass is 478 g/mol. The van der Waals surface area contributed by atoms with Crippen LogP contribution in [0.15, 0.2) is 45.9 Å². The van der Waals surface area contributed by atoms with Crippen LogP contribution in [0.4, 0.5) is 0 Å². The summed E-state index contributed by atoms with van der Waals surface area (Å²) in [7, 11) is -0.536. The molecule has 0 aliphatic carbocycles. The van der Waals surface area contributed by atoms with Crippen molar-refractivity contribution in [3.63, 3.8) is 0 Å². The number of nitrogens with zero attached hydrogens (tertiary/aromatic N) is 2. The largest absolute Gasteiger partial charge is 0.497 e. The molecular weight excluding hydrogens is 448 g/mol. The number of hydrogen-bond acceptors (Lipinski definition) is 7. The van der Waals surface area contributed by atoms with Crippen LogP contribution in [0.2, 0.25) is 0 Å². The van der Waals surface area contributed by atoms with Gasteiger partial charge in [0.05, 0.1) is 19.8 Å². The lowest BCUT2D eigenvalue weighted by atomic mass is 9.95. The Morgan fingerprint density at radius 1 is 1.15 bits per heavy atom. The van der Waals surface area contributed by atoms with Crippen LogP contribution in [0.25, 0.3) is 0 Å². The molecule has 1 aromatic carbocycles. The second kappa shape index (κ2) is 10.4. The molecule has 1 unspecified atom stereocenters. The minimum atomic E-state index is -3.90. The summed E-state index contributed by atoms with van der Waals surface area (Å²) >= 11 is 0. The fourth-order valence-corrected chi connectivity index (χ4v) is 5.21. The number of rotatable bonds is 8. The number of carbonyl (C=O) groups is 2. The normalized spacial score (nSPS) is 16.2. The van der Waals surface area contributed by atoms with Crippen LogP contribution in [0.1, 0.15) is 48.8 Å². The Kier molecular flexibility index (Phi) is 7.80. The third-order valence-electron chi connectivity index (χ3n) is 5.98. The summed E-state index contributed by atoms with van der Waals surface area (Å²) in [4.78, 5) is 26.5.